The maximum absolute atomic E-state index is 12.9. The minimum absolute atomic E-state index is 0.239. The van der Waals surface area contributed by atoms with E-state index in [1.54, 1.807) is 54.6 Å². The molecule has 1 saturated heterocycles. The van der Waals surface area contributed by atoms with Crippen LogP contribution in [0, 0.1) is 0 Å². The first-order valence-corrected chi connectivity index (χ1v) is 11.3. The number of nitrogens with zero attached hydrogens (tertiary/aromatic N) is 1. The van der Waals surface area contributed by atoms with E-state index in [-0.39, 0.29) is 5.91 Å². The lowest BCUT2D eigenvalue weighted by atomic mass is 10.2. The zero-order valence-electron chi connectivity index (χ0n) is 14.3. The van der Waals surface area contributed by atoms with E-state index in [1.165, 1.54) is 16.7 Å². The second-order valence-corrected chi connectivity index (χ2v) is 9.72. The number of carbonyl (C=O) groups excluding carboxylic acids is 1. The number of benzene rings is 2. The zero-order chi connectivity index (χ0) is 20.7. The van der Waals surface area contributed by atoms with Crippen molar-refractivity contribution in [2.24, 2.45) is 0 Å². The quantitative estimate of drug-likeness (QED) is 0.246. The third-order valence-corrected chi connectivity index (χ3v) is 7.15. The van der Waals surface area contributed by atoms with Crippen molar-refractivity contribution in [3.63, 3.8) is 0 Å². The molecular formula is C20H9BrCl3NO2S2. The fourth-order valence-electron chi connectivity index (χ4n) is 2.71. The standard InChI is InChI=1S/C20H9BrCl3NO2S2/c21-14-4-2-11(8-16(14)24)25-19(26)18(29-20(25)28)9-12-3-6-17(27-12)13-7-10(22)1-5-15(13)23/h1-9H/b18-9+. The molecule has 1 aliphatic rings. The van der Waals surface area contributed by atoms with Gasteiger partial charge >= 0.3 is 0 Å². The molecule has 1 aliphatic heterocycles. The Bertz CT molecular complexity index is 1190. The van der Waals surface area contributed by atoms with Crippen LogP contribution in [0.15, 0.2) is 62.3 Å². The summed E-state index contributed by atoms with van der Waals surface area (Å²) >= 11 is 28.4. The van der Waals surface area contributed by atoms with Crippen LogP contribution >= 0.6 is 74.7 Å². The van der Waals surface area contributed by atoms with Gasteiger partial charge in [-0.15, -0.1) is 0 Å². The smallest absolute Gasteiger partial charge is 0.270 e. The number of furan rings is 1. The van der Waals surface area contributed by atoms with E-state index in [9.17, 15) is 4.79 Å². The van der Waals surface area contributed by atoms with Crippen LogP contribution in [0.4, 0.5) is 5.69 Å². The van der Waals surface area contributed by atoms with E-state index in [2.05, 4.69) is 15.9 Å². The molecule has 2 heterocycles. The molecule has 0 radical (unpaired) electrons. The van der Waals surface area contributed by atoms with Gasteiger partial charge in [-0.25, -0.2) is 0 Å². The topological polar surface area (TPSA) is 33.5 Å². The molecule has 3 aromatic rings. The predicted molar refractivity (Wildman–Crippen MR) is 129 cm³/mol. The number of hydrogen-bond acceptors (Lipinski definition) is 4. The highest BCUT2D eigenvalue weighted by molar-refractivity contribution is 9.10. The van der Waals surface area contributed by atoms with Crippen molar-refractivity contribution in [1.82, 2.24) is 0 Å². The Morgan fingerprint density at radius 3 is 2.59 bits per heavy atom. The van der Waals surface area contributed by atoms with Gasteiger partial charge in [-0.05, 0) is 64.5 Å². The first kappa shape index (κ1) is 21.0. The number of amides is 1. The summed E-state index contributed by atoms with van der Waals surface area (Å²) in [6.07, 6.45) is 1.65. The maximum atomic E-state index is 12.9. The molecule has 9 heteroatoms. The van der Waals surface area contributed by atoms with Gasteiger partial charge in [-0.2, -0.15) is 0 Å². The fraction of sp³-hybridized carbons (Fsp3) is 0. The molecule has 0 atom stereocenters. The van der Waals surface area contributed by atoms with Gasteiger partial charge in [0.05, 0.1) is 20.6 Å². The molecule has 0 bridgehead atoms. The Labute approximate surface area is 199 Å². The summed E-state index contributed by atoms with van der Waals surface area (Å²) in [5.74, 6) is 0.821. The molecule has 0 N–H and O–H groups in total. The summed E-state index contributed by atoms with van der Waals surface area (Å²) in [5.41, 5.74) is 1.28. The summed E-state index contributed by atoms with van der Waals surface area (Å²) in [5, 5.41) is 1.57. The van der Waals surface area contributed by atoms with Crippen LogP contribution in [0.2, 0.25) is 15.1 Å². The lowest BCUT2D eigenvalue weighted by Gasteiger charge is -2.15. The van der Waals surface area contributed by atoms with Crippen molar-refractivity contribution in [2.75, 3.05) is 4.90 Å². The summed E-state index contributed by atoms with van der Waals surface area (Å²) in [6, 6.07) is 13.9. The molecule has 0 unspecified atom stereocenters. The zero-order valence-corrected chi connectivity index (χ0v) is 19.8. The van der Waals surface area contributed by atoms with Gasteiger partial charge in [0.15, 0.2) is 4.32 Å². The first-order valence-electron chi connectivity index (χ1n) is 8.12. The maximum Gasteiger partial charge on any atom is 0.270 e. The minimum Gasteiger partial charge on any atom is -0.457 e. The molecule has 1 amide bonds. The van der Waals surface area contributed by atoms with Crippen LogP contribution in [0.3, 0.4) is 0 Å². The van der Waals surface area contributed by atoms with Gasteiger partial charge in [-0.3, -0.25) is 9.69 Å². The molecular weight excluding hydrogens is 537 g/mol. The summed E-state index contributed by atoms with van der Waals surface area (Å²) in [4.78, 5) is 14.8. The molecule has 146 valence electrons. The lowest BCUT2D eigenvalue weighted by Crippen LogP contribution is -2.27. The van der Waals surface area contributed by atoms with Crippen molar-refractivity contribution in [3.05, 3.63) is 78.7 Å². The van der Waals surface area contributed by atoms with Gasteiger partial charge in [-0.1, -0.05) is 58.8 Å². The van der Waals surface area contributed by atoms with Crippen molar-refractivity contribution < 1.29 is 9.21 Å². The van der Waals surface area contributed by atoms with Crippen LogP contribution < -0.4 is 4.90 Å². The van der Waals surface area contributed by atoms with Crippen molar-refractivity contribution in [2.45, 2.75) is 0 Å². The van der Waals surface area contributed by atoms with Gasteiger partial charge in [0.2, 0.25) is 0 Å². The van der Waals surface area contributed by atoms with Crippen LogP contribution in [0.5, 0.6) is 0 Å². The predicted octanol–water partition coefficient (Wildman–Crippen LogP) is 8.08. The Morgan fingerprint density at radius 2 is 1.83 bits per heavy atom. The van der Waals surface area contributed by atoms with Crippen molar-refractivity contribution in [1.29, 1.82) is 0 Å². The van der Waals surface area contributed by atoms with E-state index in [0.717, 1.165) is 4.47 Å². The third kappa shape index (κ3) is 4.29. The average molecular weight is 546 g/mol. The second-order valence-electron chi connectivity index (χ2n) is 5.94. The van der Waals surface area contributed by atoms with Gasteiger partial charge in [0, 0.05) is 21.1 Å². The summed E-state index contributed by atoms with van der Waals surface area (Å²) in [6.45, 7) is 0. The molecule has 0 aliphatic carbocycles. The number of carbonyl (C=O) groups is 1. The van der Waals surface area contributed by atoms with E-state index in [1.807, 2.05) is 0 Å². The van der Waals surface area contributed by atoms with Crippen LogP contribution in [-0.2, 0) is 4.79 Å². The second kappa shape index (κ2) is 8.46. The van der Waals surface area contributed by atoms with E-state index in [0.29, 0.717) is 47.1 Å². The van der Waals surface area contributed by atoms with E-state index >= 15 is 0 Å². The Balaban J connectivity index is 1.63. The monoisotopic (exact) mass is 543 g/mol. The molecule has 0 saturated carbocycles. The highest BCUT2D eigenvalue weighted by Crippen LogP contribution is 2.39. The number of anilines is 1. The number of thiocarbonyl (C=S) groups is 1. The molecule has 2 aromatic carbocycles. The minimum atomic E-state index is -0.239. The van der Waals surface area contributed by atoms with Gasteiger partial charge in [0.25, 0.3) is 5.91 Å². The first-order chi connectivity index (χ1) is 13.8. The van der Waals surface area contributed by atoms with Crippen LogP contribution in [-0.4, -0.2) is 10.2 Å². The molecule has 1 aromatic heterocycles. The fourth-order valence-corrected chi connectivity index (χ4v) is 4.79. The number of hydrogen-bond donors (Lipinski definition) is 0. The lowest BCUT2D eigenvalue weighted by molar-refractivity contribution is -0.113. The third-order valence-electron chi connectivity index (χ3n) is 4.05. The van der Waals surface area contributed by atoms with Gasteiger partial charge < -0.3 is 4.42 Å². The summed E-state index contributed by atoms with van der Waals surface area (Å²) < 4.78 is 7.02. The molecule has 3 nitrogen and oxygen atoms in total. The highest BCUT2D eigenvalue weighted by Gasteiger charge is 2.33. The number of thioether (sulfide) groups is 1. The average Bonchev–Trinajstić information content (AvgIpc) is 3.24. The summed E-state index contributed by atoms with van der Waals surface area (Å²) in [7, 11) is 0. The molecule has 29 heavy (non-hydrogen) atoms. The Morgan fingerprint density at radius 1 is 1.03 bits per heavy atom. The molecule has 1 fully saturated rings. The van der Waals surface area contributed by atoms with Crippen LogP contribution in [0.1, 0.15) is 5.76 Å². The van der Waals surface area contributed by atoms with Crippen molar-refractivity contribution >= 4 is 96.7 Å². The SMILES string of the molecule is O=C1/C(=C\c2ccc(-c3cc(Cl)ccc3Cl)o2)SC(=S)N1c1ccc(Br)c(Cl)c1. The number of halogens is 4. The van der Waals surface area contributed by atoms with Crippen LogP contribution in [0.25, 0.3) is 17.4 Å². The molecule has 0 spiro atoms. The largest absolute Gasteiger partial charge is 0.457 e. The Kier molecular flexibility index (Phi) is 6.11. The molecule has 4 rings (SSSR count). The normalized spacial score (nSPS) is 15.6. The van der Waals surface area contributed by atoms with Crippen molar-refractivity contribution in [3.8, 4) is 11.3 Å². The van der Waals surface area contributed by atoms with Gasteiger partial charge in [0.1, 0.15) is 11.5 Å². The number of rotatable bonds is 3. The highest BCUT2D eigenvalue weighted by atomic mass is 79.9. The van der Waals surface area contributed by atoms with E-state index in [4.69, 9.17) is 51.4 Å². The van der Waals surface area contributed by atoms with E-state index < -0.39 is 0 Å². The Hall–Kier alpha value is -1.28.